The molecule has 4 nitrogen and oxygen atoms in total. The standard InChI is InChI=1S/C15H28N2O2/c1-2-8-15(9-5-10-17-15)14(18)16-11-7-13-6-3-4-12-19-13/h13,17H,2-12H2,1H3,(H,16,18). The highest BCUT2D eigenvalue weighted by atomic mass is 16.5. The fourth-order valence-electron chi connectivity index (χ4n) is 3.30. The van der Waals surface area contributed by atoms with Gasteiger partial charge in [0.2, 0.25) is 5.91 Å². The molecule has 2 fully saturated rings. The van der Waals surface area contributed by atoms with Gasteiger partial charge in [0.05, 0.1) is 11.6 Å². The predicted molar refractivity (Wildman–Crippen MR) is 76.1 cm³/mol. The lowest BCUT2D eigenvalue weighted by molar-refractivity contribution is -0.127. The fourth-order valence-corrected chi connectivity index (χ4v) is 3.30. The average Bonchev–Trinajstić information content (AvgIpc) is 2.90. The topological polar surface area (TPSA) is 50.4 Å². The van der Waals surface area contributed by atoms with Gasteiger partial charge in [0.25, 0.3) is 0 Å². The molecule has 2 rings (SSSR count). The second kappa shape index (κ2) is 7.25. The first-order chi connectivity index (χ1) is 9.27. The molecule has 0 radical (unpaired) electrons. The summed E-state index contributed by atoms with van der Waals surface area (Å²) in [6.45, 7) is 4.75. The van der Waals surface area contributed by atoms with E-state index in [0.717, 1.165) is 58.2 Å². The molecule has 0 aliphatic carbocycles. The molecule has 0 saturated carbocycles. The Balaban J connectivity index is 1.73. The van der Waals surface area contributed by atoms with Crippen LogP contribution in [0.15, 0.2) is 0 Å². The van der Waals surface area contributed by atoms with Crippen LogP contribution in [0.5, 0.6) is 0 Å². The Kier molecular flexibility index (Phi) is 5.64. The molecule has 0 aromatic heterocycles. The minimum Gasteiger partial charge on any atom is -0.378 e. The molecule has 110 valence electrons. The summed E-state index contributed by atoms with van der Waals surface area (Å²) in [6, 6.07) is 0. The van der Waals surface area contributed by atoms with Gasteiger partial charge in [-0.3, -0.25) is 4.79 Å². The first kappa shape index (κ1) is 14.8. The Bertz CT molecular complexity index is 282. The summed E-state index contributed by atoms with van der Waals surface area (Å²) in [6.07, 6.45) is 8.98. The Morgan fingerprint density at radius 3 is 2.95 bits per heavy atom. The van der Waals surface area contributed by atoms with E-state index in [4.69, 9.17) is 4.74 Å². The van der Waals surface area contributed by atoms with Crippen molar-refractivity contribution in [3.05, 3.63) is 0 Å². The van der Waals surface area contributed by atoms with E-state index in [1.54, 1.807) is 0 Å². The van der Waals surface area contributed by atoms with Crippen LogP contribution in [0.4, 0.5) is 0 Å². The van der Waals surface area contributed by atoms with Crippen LogP contribution in [0.2, 0.25) is 0 Å². The third-order valence-corrected chi connectivity index (χ3v) is 4.38. The van der Waals surface area contributed by atoms with Crippen LogP contribution in [-0.4, -0.2) is 37.2 Å². The second-order valence-electron chi connectivity index (χ2n) is 5.90. The number of carbonyl (C=O) groups is 1. The summed E-state index contributed by atoms with van der Waals surface area (Å²) in [4.78, 5) is 12.4. The average molecular weight is 268 g/mol. The van der Waals surface area contributed by atoms with E-state index in [1.807, 2.05) is 0 Å². The molecule has 2 N–H and O–H groups in total. The summed E-state index contributed by atoms with van der Waals surface area (Å²) < 4.78 is 5.69. The lowest BCUT2D eigenvalue weighted by Crippen LogP contribution is -2.53. The molecule has 2 heterocycles. The molecule has 2 saturated heterocycles. The maximum Gasteiger partial charge on any atom is 0.240 e. The van der Waals surface area contributed by atoms with Gasteiger partial charge in [-0.15, -0.1) is 0 Å². The molecule has 0 bridgehead atoms. The Labute approximate surface area is 116 Å². The van der Waals surface area contributed by atoms with Gasteiger partial charge in [-0.1, -0.05) is 13.3 Å². The number of rotatable bonds is 6. The van der Waals surface area contributed by atoms with Crippen molar-refractivity contribution in [1.82, 2.24) is 10.6 Å². The molecule has 1 amide bonds. The fraction of sp³-hybridized carbons (Fsp3) is 0.933. The normalized spacial score (nSPS) is 31.3. The van der Waals surface area contributed by atoms with Crippen LogP contribution in [0.1, 0.15) is 58.3 Å². The van der Waals surface area contributed by atoms with Crippen molar-refractivity contribution in [3.8, 4) is 0 Å². The molecule has 2 aliphatic heterocycles. The molecule has 2 atom stereocenters. The van der Waals surface area contributed by atoms with E-state index in [2.05, 4.69) is 17.6 Å². The van der Waals surface area contributed by atoms with Crippen molar-refractivity contribution in [2.24, 2.45) is 0 Å². The molecular weight excluding hydrogens is 240 g/mol. The maximum absolute atomic E-state index is 12.4. The van der Waals surface area contributed by atoms with Gasteiger partial charge in [-0.25, -0.2) is 0 Å². The highest BCUT2D eigenvalue weighted by molar-refractivity contribution is 5.86. The van der Waals surface area contributed by atoms with Gasteiger partial charge in [0, 0.05) is 13.2 Å². The number of carbonyl (C=O) groups excluding carboxylic acids is 1. The third kappa shape index (κ3) is 3.93. The van der Waals surface area contributed by atoms with E-state index >= 15 is 0 Å². The summed E-state index contributed by atoms with van der Waals surface area (Å²) in [7, 11) is 0. The number of hydrogen-bond donors (Lipinski definition) is 2. The number of hydrogen-bond acceptors (Lipinski definition) is 3. The van der Waals surface area contributed by atoms with Gasteiger partial charge in [-0.05, 0) is 51.5 Å². The van der Waals surface area contributed by atoms with Crippen LogP contribution in [-0.2, 0) is 9.53 Å². The van der Waals surface area contributed by atoms with Crippen LogP contribution < -0.4 is 10.6 Å². The van der Waals surface area contributed by atoms with Crippen molar-refractivity contribution in [2.75, 3.05) is 19.7 Å². The van der Waals surface area contributed by atoms with E-state index in [9.17, 15) is 4.79 Å². The van der Waals surface area contributed by atoms with Gasteiger partial charge in [-0.2, -0.15) is 0 Å². The summed E-state index contributed by atoms with van der Waals surface area (Å²) in [5.41, 5.74) is -0.290. The number of nitrogens with one attached hydrogen (secondary N) is 2. The van der Waals surface area contributed by atoms with E-state index in [0.29, 0.717) is 6.10 Å². The SMILES string of the molecule is CCCC1(C(=O)NCCC2CCCCO2)CCCN1. The van der Waals surface area contributed by atoms with Crippen LogP contribution >= 0.6 is 0 Å². The lowest BCUT2D eigenvalue weighted by atomic mass is 9.91. The second-order valence-corrected chi connectivity index (χ2v) is 5.90. The minimum atomic E-state index is -0.290. The summed E-state index contributed by atoms with van der Waals surface area (Å²) >= 11 is 0. The lowest BCUT2D eigenvalue weighted by Gasteiger charge is -2.28. The molecule has 2 unspecified atom stereocenters. The Morgan fingerprint density at radius 1 is 1.42 bits per heavy atom. The van der Waals surface area contributed by atoms with E-state index in [-0.39, 0.29) is 11.4 Å². The van der Waals surface area contributed by atoms with Gasteiger partial charge in [0.15, 0.2) is 0 Å². The van der Waals surface area contributed by atoms with Crippen molar-refractivity contribution in [3.63, 3.8) is 0 Å². The van der Waals surface area contributed by atoms with Crippen LogP contribution in [0.3, 0.4) is 0 Å². The summed E-state index contributed by atoms with van der Waals surface area (Å²) in [5.74, 6) is 0.197. The van der Waals surface area contributed by atoms with Crippen molar-refractivity contribution in [2.45, 2.75) is 69.9 Å². The molecule has 2 aliphatic rings. The van der Waals surface area contributed by atoms with Crippen LogP contribution in [0, 0.1) is 0 Å². The van der Waals surface area contributed by atoms with Crippen molar-refractivity contribution >= 4 is 5.91 Å². The van der Waals surface area contributed by atoms with E-state index < -0.39 is 0 Å². The molecule has 4 heteroatoms. The number of ether oxygens (including phenoxy) is 1. The Hall–Kier alpha value is -0.610. The zero-order chi connectivity index (χ0) is 13.6. The molecule has 0 aromatic carbocycles. The zero-order valence-electron chi connectivity index (χ0n) is 12.2. The van der Waals surface area contributed by atoms with E-state index in [1.165, 1.54) is 12.8 Å². The first-order valence-electron chi connectivity index (χ1n) is 7.92. The molecule has 0 spiro atoms. The van der Waals surface area contributed by atoms with Gasteiger partial charge < -0.3 is 15.4 Å². The quantitative estimate of drug-likeness (QED) is 0.774. The molecule has 19 heavy (non-hydrogen) atoms. The minimum absolute atomic E-state index is 0.197. The highest BCUT2D eigenvalue weighted by Crippen LogP contribution is 2.25. The largest absolute Gasteiger partial charge is 0.378 e. The molecular formula is C15H28N2O2. The van der Waals surface area contributed by atoms with Gasteiger partial charge >= 0.3 is 0 Å². The monoisotopic (exact) mass is 268 g/mol. The Morgan fingerprint density at radius 2 is 2.32 bits per heavy atom. The van der Waals surface area contributed by atoms with Crippen molar-refractivity contribution < 1.29 is 9.53 Å². The van der Waals surface area contributed by atoms with Crippen molar-refractivity contribution in [1.29, 1.82) is 0 Å². The maximum atomic E-state index is 12.4. The predicted octanol–water partition coefficient (Wildman–Crippen LogP) is 1.98. The van der Waals surface area contributed by atoms with Crippen LogP contribution in [0.25, 0.3) is 0 Å². The smallest absolute Gasteiger partial charge is 0.240 e. The zero-order valence-corrected chi connectivity index (χ0v) is 12.2. The van der Waals surface area contributed by atoms with Gasteiger partial charge in [0.1, 0.15) is 0 Å². The molecule has 0 aromatic rings. The summed E-state index contributed by atoms with van der Waals surface area (Å²) in [5, 5.41) is 6.53. The first-order valence-corrected chi connectivity index (χ1v) is 7.92. The number of amides is 1. The third-order valence-electron chi connectivity index (χ3n) is 4.38. The highest BCUT2D eigenvalue weighted by Gasteiger charge is 2.39.